The molecule has 5 nitrogen and oxygen atoms in total. The molecule has 1 rings (SSSR count). The van der Waals surface area contributed by atoms with Crippen molar-refractivity contribution in [1.82, 2.24) is 4.90 Å². The topological polar surface area (TPSA) is 63.7 Å². The number of ether oxygens (including phenoxy) is 1. The van der Waals surface area contributed by atoms with Crippen LogP contribution >= 0.6 is 26.6 Å². The molecule has 0 saturated carbocycles. The second-order valence-electron chi connectivity index (χ2n) is 4.51. The summed E-state index contributed by atoms with van der Waals surface area (Å²) in [6.45, 7) is 4.59. The van der Waals surface area contributed by atoms with Gasteiger partial charge in [0.05, 0.1) is 17.5 Å². The minimum absolute atomic E-state index is 0.114. The summed E-state index contributed by atoms with van der Waals surface area (Å²) in [7, 11) is 3.00. The molecular formula is C13H17BrClNO4S. The van der Waals surface area contributed by atoms with E-state index in [1.54, 1.807) is 18.1 Å². The van der Waals surface area contributed by atoms with Crippen molar-refractivity contribution in [3.63, 3.8) is 0 Å². The van der Waals surface area contributed by atoms with E-state index in [1.165, 1.54) is 12.1 Å². The van der Waals surface area contributed by atoms with Gasteiger partial charge in [0.2, 0.25) is 0 Å². The minimum Gasteiger partial charge on any atom is -0.383 e. The first-order chi connectivity index (χ1) is 9.70. The summed E-state index contributed by atoms with van der Waals surface area (Å²) in [4.78, 5) is 14.0. The first-order valence-corrected chi connectivity index (χ1v) is 9.36. The fourth-order valence-electron chi connectivity index (χ4n) is 1.98. The zero-order valence-corrected chi connectivity index (χ0v) is 15.1. The number of rotatable bonds is 6. The Hall–Kier alpha value is -0.630. The summed E-state index contributed by atoms with van der Waals surface area (Å²) in [5, 5.41) is 0. The van der Waals surface area contributed by atoms with Gasteiger partial charge in [-0.15, -0.1) is 0 Å². The molecule has 1 amide bonds. The predicted molar refractivity (Wildman–Crippen MR) is 85.2 cm³/mol. The largest absolute Gasteiger partial charge is 0.383 e. The lowest BCUT2D eigenvalue weighted by atomic mass is 10.1. The molecule has 0 bridgehead atoms. The van der Waals surface area contributed by atoms with E-state index in [0.29, 0.717) is 17.6 Å². The lowest BCUT2D eigenvalue weighted by Crippen LogP contribution is -2.41. The summed E-state index contributed by atoms with van der Waals surface area (Å²) in [6.07, 6.45) is 0. The highest BCUT2D eigenvalue weighted by Gasteiger charge is 2.22. The first-order valence-electron chi connectivity index (χ1n) is 6.25. The number of likely N-dealkylation sites (N-methyl/N-ethyl adjacent to an activating group) is 1. The Morgan fingerprint density at radius 3 is 2.52 bits per heavy atom. The van der Waals surface area contributed by atoms with Crippen LogP contribution in [0.4, 0.5) is 0 Å². The summed E-state index contributed by atoms with van der Waals surface area (Å²) in [6, 6.07) is 4.07. The summed E-state index contributed by atoms with van der Waals surface area (Å²) >= 11 is 3.19. The Morgan fingerprint density at radius 2 is 2.05 bits per heavy atom. The highest BCUT2D eigenvalue weighted by Crippen LogP contribution is 2.23. The Kier molecular flexibility index (Phi) is 6.65. The van der Waals surface area contributed by atoms with Crippen molar-refractivity contribution in [1.29, 1.82) is 0 Å². The van der Waals surface area contributed by atoms with Crippen LogP contribution in [0.2, 0.25) is 0 Å². The molecule has 0 radical (unpaired) electrons. The van der Waals surface area contributed by atoms with E-state index in [4.69, 9.17) is 15.4 Å². The van der Waals surface area contributed by atoms with E-state index in [-0.39, 0.29) is 22.4 Å². The van der Waals surface area contributed by atoms with E-state index >= 15 is 0 Å². The molecule has 0 aliphatic heterocycles. The molecule has 118 valence electrons. The number of methoxy groups -OCH3 is 1. The second-order valence-corrected chi connectivity index (χ2v) is 7.99. The van der Waals surface area contributed by atoms with Crippen molar-refractivity contribution in [2.45, 2.75) is 24.8 Å². The van der Waals surface area contributed by atoms with Gasteiger partial charge >= 0.3 is 0 Å². The van der Waals surface area contributed by atoms with Gasteiger partial charge in [0, 0.05) is 34.4 Å². The lowest BCUT2D eigenvalue weighted by Gasteiger charge is -2.27. The van der Waals surface area contributed by atoms with Gasteiger partial charge in [-0.2, -0.15) is 0 Å². The van der Waals surface area contributed by atoms with Crippen LogP contribution in [0.3, 0.4) is 0 Å². The third-order valence-corrected chi connectivity index (χ3v) is 4.73. The van der Waals surface area contributed by atoms with Gasteiger partial charge in [-0.05, 0) is 32.0 Å². The fourth-order valence-corrected chi connectivity index (χ4v) is 3.43. The molecule has 0 aliphatic rings. The van der Waals surface area contributed by atoms with E-state index in [9.17, 15) is 13.2 Å². The number of amides is 1. The lowest BCUT2D eigenvalue weighted by molar-refractivity contribution is 0.0579. The van der Waals surface area contributed by atoms with Crippen LogP contribution in [0.5, 0.6) is 0 Å². The molecule has 1 atom stereocenters. The van der Waals surface area contributed by atoms with Gasteiger partial charge in [-0.25, -0.2) is 8.42 Å². The second kappa shape index (κ2) is 7.58. The monoisotopic (exact) mass is 397 g/mol. The number of benzene rings is 1. The van der Waals surface area contributed by atoms with Gasteiger partial charge in [0.25, 0.3) is 15.0 Å². The molecule has 0 N–H and O–H groups in total. The molecule has 0 fully saturated rings. The van der Waals surface area contributed by atoms with Crippen molar-refractivity contribution < 1.29 is 17.9 Å². The van der Waals surface area contributed by atoms with Crippen LogP contribution < -0.4 is 0 Å². The van der Waals surface area contributed by atoms with Crippen molar-refractivity contribution >= 4 is 41.6 Å². The SMILES string of the molecule is CCN(C(=O)c1cc(Br)cc(S(=O)(=O)Cl)c1)C(C)COC. The Morgan fingerprint density at radius 1 is 1.43 bits per heavy atom. The first kappa shape index (κ1) is 18.4. The maximum atomic E-state index is 12.5. The third-order valence-electron chi connectivity index (χ3n) is 2.94. The Balaban J connectivity index is 3.20. The normalized spacial score (nSPS) is 13.0. The summed E-state index contributed by atoms with van der Waals surface area (Å²) in [5.41, 5.74) is 0.258. The zero-order valence-electron chi connectivity index (χ0n) is 12.0. The van der Waals surface area contributed by atoms with Crippen LogP contribution in [0.1, 0.15) is 24.2 Å². The van der Waals surface area contributed by atoms with Gasteiger partial charge in [0.15, 0.2) is 0 Å². The number of carbonyl (C=O) groups excluding carboxylic acids is 1. The smallest absolute Gasteiger partial charge is 0.261 e. The Labute approximate surface area is 137 Å². The quantitative estimate of drug-likeness (QED) is 0.691. The van der Waals surface area contributed by atoms with Crippen LogP contribution in [0.15, 0.2) is 27.6 Å². The zero-order chi connectivity index (χ0) is 16.2. The number of hydrogen-bond acceptors (Lipinski definition) is 4. The van der Waals surface area contributed by atoms with Crippen molar-refractivity contribution in [3.8, 4) is 0 Å². The average Bonchev–Trinajstić information content (AvgIpc) is 2.38. The minimum atomic E-state index is -3.90. The standard InChI is InChI=1S/C13H17BrClNO4S/c1-4-16(9(2)8-20-3)13(17)10-5-11(14)7-12(6-10)21(15,18)19/h5-7,9H,4,8H2,1-3H3. The molecule has 0 spiro atoms. The Bertz CT molecular complexity index is 621. The molecule has 1 aromatic carbocycles. The molecule has 0 aromatic heterocycles. The van der Waals surface area contributed by atoms with Crippen LogP contribution in [0.25, 0.3) is 0 Å². The van der Waals surface area contributed by atoms with Crippen molar-refractivity contribution in [2.24, 2.45) is 0 Å². The highest BCUT2D eigenvalue weighted by molar-refractivity contribution is 9.10. The van der Waals surface area contributed by atoms with E-state index in [2.05, 4.69) is 15.9 Å². The van der Waals surface area contributed by atoms with E-state index < -0.39 is 9.05 Å². The maximum Gasteiger partial charge on any atom is 0.261 e. The molecule has 1 unspecified atom stereocenters. The van der Waals surface area contributed by atoms with Crippen LogP contribution in [0, 0.1) is 0 Å². The molecule has 0 heterocycles. The molecule has 0 aliphatic carbocycles. The van der Waals surface area contributed by atoms with Crippen molar-refractivity contribution in [2.75, 3.05) is 20.3 Å². The third kappa shape index (κ3) is 4.95. The van der Waals surface area contributed by atoms with Crippen molar-refractivity contribution in [3.05, 3.63) is 28.2 Å². The van der Waals surface area contributed by atoms with Gasteiger partial charge in [-0.3, -0.25) is 4.79 Å². The van der Waals surface area contributed by atoms with Gasteiger partial charge in [-0.1, -0.05) is 15.9 Å². The summed E-state index contributed by atoms with van der Waals surface area (Å²) in [5.74, 6) is -0.273. The molecule has 8 heteroatoms. The highest BCUT2D eigenvalue weighted by atomic mass is 79.9. The number of hydrogen-bond donors (Lipinski definition) is 0. The number of carbonyl (C=O) groups is 1. The van der Waals surface area contributed by atoms with Crippen LogP contribution in [-0.4, -0.2) is 45.5 Å². The maximum absolute atomic E-state index is 12.5. The molecular weight excluding hydrogens is 382 g/mol. The fraction of sp³-hybridized carbons (Fsp3) is 0.462. The summed E-state index contributed by atoms with van der Waals surface area (Å²) < 4.78 is 28.4. The number of nitrogens with zero attached hydrogens (tertiary/aromatic N) is 1. The van der Waals surface area contributed by atoms with E-state index in [1.807, 2.05) is 13.8 Å². The molecule has 0 saturated heterocycles. The van der Waals surface area contributed by atoms with Crippen LogP contribution in [-0.2, 0) is 13.8 Å². The average molecular weight is 399 g/mol. The predicted octanol–water partition coefficient (Wildman–Crippen LogP) is 2.87. The number of halogens is 2. The van der Waals surface area contributed by atoms with Gasteiger partial charge in [0.1, 0.15) is 0 Å². The molecule has 1 aromatic rings. The van der Waals surface area contributed by atoms with E-state index in [0.717, 1.165) is 0 Å². The van der Waals surface area contributed by atoms with Gasteiger partial charge < -0.3 is 9.64 Å². The molecule has 21 heavy (non-hydrogen) atoms.